The lowest BCUT2D eigenvalue weighted by Crippen LogP contribution is -2.47. The minimum Gasteiger partial charge on any atom is -0.493 e. The highest BCUT2D eigenvalue weighted by Crippen LogP contribution is 2.43. The zero-order valence-electron chi connectivity index (χ0n) is 21.6. The fourth-order valence-electron chi connectivity index (χ4n) is 4.77. The van der Waals surface area contributed by atoms with Gasteiger partial charge >= 0.3 is 0 Å². The number of anilines is 2. The summed E-state index contributed by atoms with van der Waals surface area (Å²) in [7, 11) is 0. The highest BCUT2D eigenvalue weighted by molar-refractivity contribution is 6.30. The molecule has 0 radical (unpaired) electrons. The number of fused-ring (bicyclic) bond motifs is 1. The van der Waals surface area contributed by atoms with Crippen LogP contribution in [0.2, 0.25) is 5.02 Å². The summed E-state index contributed by atoms with van der Waals surface area (Å²) in [6.45, 7) is 7.44. The Morgan fingerprint density at radius 2 is 1.70 bits per heavy atom. The average molecular weight is 521 g/mol. The van der Waals surface area contributed by atoms with Gasteiger partial charge in [0.25, 0.3) is 5.91 Å². The molecule has 3 aromatic rings. The molecular formula is C30H33ClN2O4. The molecule has 0 aromatic heterocycles. The van der Waals surface area contributed by atoms with Gasteiger partial charge in [-0.15, -0.1) is 0 Å². The second kappa shape index (κ2) is 11.0. The van der Waals surface area contributed by atoms with E-state index in [9.17, 15) is 14.7 Å². The number of carbonyl (C=O) groups is 2. The average Bonchev–Trinajstić information content (AvgIpc) is 2.84. The molecule has 0 saturated heterocycles. The van der Waals surface area contributed by atoms with E-state index in [2.05, 4.69) is 0 Å². The minimum absolute atomic E-state index is 0.0747. The summed E-state index contributed by atoms with van der Waals surface area (Å²) < 4.78 is 5.72. The van der Waals surface area contributed by atoms with Crippen LogP contribution in [0.4, 0.5) is 11.4 Å². The third-order valence-corrected chi connectivity index (χ3v) is 6.87. The molecule has 1 aliphatic heterocycles. The van der Waals surface area contributed by atoms with E-state index in [-0.39, 0.29) is 23.9 Å². The second-order valence-electron chi connectivity index (χ2n) is 10.1. The lowest BCUT2D eigenvalue weighted by Gasteiger charge is -2.43. The SMILES string of the molecule is CC(=O)N(c1ccc(Cl)cc1)C1CC(C)N(C(=O)c2ccc(OCCC(C)(C)O)cc2)c2ccccc21. The van der Waals surface area contributed by atoms with Crippen molar-refractivity contribution < 1.29 is 19.4 Å². The Balaban J connectivity index is 1.60. The third kappa shape index (κ3) is 6.14. The number of ether oxygens (including phenoxy) is 1. The third-order valence-electron chi connectivity index (χ3n) is 6.62. The number of carbonyl (C=O) groups excluding carboxylic acids is 2. The zero-order valence-corrected chi connectivity index (χ0v) is 22.4. The van der Waals surface area contributed by atoms with E-state index < -0.39 is 5.60 Å². The molecule has 0 saturated carbocycles. The van der Waals surface area contributed by atoms with Gasteiger partial charge in [0, 0.05) is 41.3 Å². The highest BCUT2D eigenvalue weighted by Gasteiger charge is 2.38. The maximum absolute atomic E-state index is 13.7. The van der Waals surface area contributed by atoms with Gasteiger partial charge in [-0.05, 0) is 87.4 Å². The molecule has 2 amide bonds. The van der Waals surface area contributed by atoms with Crippen LogP contribution >= 0.6 is 11.6 Å². The zero-order chi connectivity index (χ0) is 26.7. The van der Waals surface area contributed by atoms with Crippen LogP contribution in [0.5, 0.6) is 5.75 Å². The molecule has 0 aliphatic carbocycles. The first kappa shape index (κ1) is 26.7. The fourth-order valence-corrected chi connectivity index (χ4v) is 4.90. The monoisotopic (exact) mass is 520 g/mol. The molecule has 1 aliphatic rings. The Morgan fingerprint density at radius 1 is 1.05 bits per heavy atom. The summed E-state index contributed by atoms with van der Waals surface area (Å²) in [5.74, 6) is 0.463. The van der Waals surface area contributed by atoms with E-state index in [1.165, 1.54) is 0 Å². The van der Waals surface area contributed by atoms with E-state index in [1.54, 1.807) is 62.1 Å². The quantitative estimate of drug-likeness (QED) is 0.390. The molecule has 3 aromatic carbocycles. The first-order valence-electron chi connectivity index (χ1n) is 12.5. The minimum atomic E-state index is -0.795. The number of nitrogens with zero attached hydrogens (tertiary/aromatic N) is 2. The molecule has 37 heavy (non-hydrogen) atoms. The maximum Gasteiger partial charge on any atom is 0.258 e. The second-order valence-corrected chi connectivity index (χ2v) is 10.6. The van der Waals surface area contributed by atoms with Gasteiger partial charge in [0.05, 0.1) is 18.2 Å². The van der Waals surface area contributed by atoms with Gasteiger partial charge in [-0.25, -0.2) is 0 Å². The van der Waals surface area contributed by atoms with Crippen molar-refractivity contribution in [2.45, 2.75) is 58.2 Å². The number of para-hydroxylation sites is 1. The molecule has 1 heterocycles. The highest BCUT2D eigenvalue weighted by atomic mass is 35.5. The Morgan fingerprint density at radius 3 is 2.32 bits per heavy atom. The standard InChI is InChI=1S/C30H33ClN2O4/c1-20-19-28(33(21(2)34)24-13-11-23(31)12-14-24)26-7-5-6-8-27(26)32(20)29(35)22-9-15-25(16-10-22)37-18-17-30(3,4)36/h5-16,20,28,36H,17-19H2,1-4H3. The van der Waals surface area contributed by atoms with Gasteiger partial charge in [0.1, 0.15) is 5.75 Å². The van der Waals surface area contributed by atoms with Gasteiger partial charge in [0.15, 0.2) is 0 Å². The normalized spacial score (nSPS) is 17.2. The summed E-state index contributed by atoms with van der Waals surface area (Å²) in [4.78, 5) is 30.1. The molecule has 0 bridgehead atoms. The lowest BCUT2D eigenvalue weighted by atomic mass is 9.89. The number of amides is 2. The number of hydrogen-bond acceptors (Lipinski definition) is 4. The van der Waals surface area contributed by atoms with E-state index in [0.717, 1.165) is 16.9 Å². The van der Waals surface area contributed by atoms with Gasteiger partial charge < -0.3 is 19.6 Å². The van der Waals surface area contributed by atoms with Crippen molar-refractivity contribution in [1.29, 1.82) is 0 Å². The smallest absolute Gasteiger partial charge is 0.258 e. The number of hydrogen-bond donors (Lipinski definition) is 1. The van der Waals surface area contributed by atoms with Crippen LogP contribution in [0, 0.1) is 0 Å². The number of aliphatic hydroxyl groups is 1. The van der Waals surface area contributed by atoms with Crippen LogP contribution < -0.4 is 14.5 Å². The largest absolute Gasteiger partial charge is 0.493 e. The van der Waals surface area contributed by atoms with E-state index in [4.69, 9.17) is 16.3 Å². The predicted molar refractivity (Wildman–Crippen MR) is 148 cm³/mol. The first-order chi connectivity index (χ1) is 17.5. The van der Waals surface area contributed by atoms with Crippen molar-refractivity contribution in [2.24, 2.45) is 0 Å². The van der Waals surface area contributed by atoms with Crippen molar-refractivity contribution in [1.82, 2.24) is 0 Å². The predicted octanol–water partition coefficient (Wildman–Crippen LogP) is 6.41. The molecule has 6 nitrogen and oxygen atoms in total. The van der Waals surface area contributed by atoms with E-state index in [1.807, 2.05) is 48.2 Å². The van der Waals surface area contributed by atoms with Crippen LogP contribution in [0.15, 0.2) is 72.8 Å². The molecule has 7 heteroatoms. The molecule has 194 valence electrons. The summed E-state index contributed by atoms with van der Waals surface area (Å²) in [6, 6.07) is 21.7. The van der Waals surface area contributed by atoms with Gasteiger partial charge in [-0.2, -0.15) is 0 Å². The summed E-state index contributed by atoms with van der Waals surface area (Å²) in [5.41, 5.74) is 2.24. The van der Waals surface area contributed by atoms with Crippen LogP contribution in [-0.4, -0.2) is 35.2 Å². The van der Waals surface area contributed by atoms with Crippen LogP contribution in [0.25, 0.3) is 0 Å². The molecule has 1 N–H and O–H groups in total. The molecule has 4 rings (SSSR count). The number of benzene rings is 3. The maximum atomic E-state index is 13.7. The Hall–Kier alpha value is -3.35. The molecule has 2 atom stereocenters. The van der Waals surface area contributed by atoms with Crippen molar-refractivity contribution in [3.05, 3.63) is 88.9 Å². The van der Waals surface area contributed by atoms with Gasteiger partial charge in [-0.1, -0.05) is 29.8 Å². The number of halogens is 1. The fraction of sp³-hybridized carbons (Fsp3) is 0.333. The van der Waals surface area contributed by atoms with Crippen LogP contribution in [0.3, 0.4) is 0 Å². The van der Waals surface area contributed by atoms with Gasteiger partial charge in [0.2, 0.25) is 5.91 Å². The van der Waals surface area contributed by atoms with Crippen molar-refractivity contribution in [3.8, 4) is 5.75 Å². The van der Waals surface area contributed by atoms with E-state index >= 15 is 0 Å². The van der Waals surface area contributed by atoms with E-state index in [0.29, 0.717) is 35.8 Å². The Labute approximate surface area is 223 Å². The first-order valence-corrected chi connectivity index (χ1v) is 12.9. The topological polar surface area (TPSA) is 70.1 Å². The summed E-state index contributed by atoms with van der Waals surface area (Å²) in [6.07, 6.45) is 1.09. The van der Waals surface area contributed by atoms with Crippen LogP contribution in [-0.2, 0) is 4.79 Å². The molecule has 0 spiro atoms. The van der Waals surface area contributed by atoms with Crippen molar-refractivity contribution in [3.63, 3.8) is 0 Å². The summed E-state index contributed by atoms with van der Waals surface area (Å²) in [5, 5.41) is 10.5. The molecular weight excluding hydrogens is 488 g/mol. The summed E-state index contributed by atoms with van der Waals surface area (Å²) >= 11 is 6.09. The van der Waals surface area contributed by atoms with Gasteiger partial charge in [-0.3, -0.25) is 9.59 Å². The van der Waals surface area contributed by atoms with Crippen molar-refractivity contribution in [2.75, 3.05) is 16.4 Å². The Bertz CT molecular complexity index is 1250. The lowest BCUT2D eigenvalue weighted by molar-refractivity contribution is -0.117. The molecule has 0 fully saturated rings. The van der Waals surface area contributed by atoms with Crippen molar-refractivity contribution >= 4 is 34.8 Å². The number of rotatable bonds is 7. The van der Waals surface area contributed by atoms with Crippen LogP contribution in [0.1, 0.15) is 62.5 Å². The Kier molecular flexibility index (Phi) is 7.90. The molecule has 2 unspecified atom stereocenters.